The number of amides is 1. The van der Waals surface area contributed by atoms with E-state index in [1.54, 1.807) is 19.5 Å². The van der Waals surface area contributed by atoms with E-state index in [4.69, 9.17) is 16.3 Å². The molecule has 0 saturated carbocycles. The van der Waals surface area contributed by atoms with Gasteiger partial charge in [0.25, 0.3) is 0 Å². The summed E-state index contributed by atoms with van der Waals surface area (Å²) in [5.41, 5.74) is 2.71. The average molecular weight is 346 g/mol. The molecule has 2 aromatic rings. The second-order valence-corrected chi connectivity index (χ2v) is 6.35. The molecule has 1 aliphatic heterocycles. The van der Waals surface area contributed by atoms with Crippen LogP contribution in [0.25, 0.3) is 11.3 Å². The Morgan fingerprint density at radius 3 is 3.00 bits per heavy atom. The topological polar surface area (TPSA) is 55.3 Å². The van der Waals surface area contributed by atoms with Crippen molar-refractivity contribution in [1.82, 2.24) is 14.9 Å². The van der Waals surface area contributed by atoms with E-state index in [9.17, 15) is 4.79 Å². The lowest BCUT2D eigenvalue weighted by atomic mass is 9.91. The van der Waals surface area contributed by atoms with Crippen LogP contribution in [0, 0.1) is 0 Å². The van der Waals surface area contributed by atoms with Crippen LogP contribution in [-0.2, 0) is 9.53 Å². The number of aromatic nitrogens is 2. The fraction of sp³-hybridized carbons (Fsp3) is 0.389. The SMILES string of the molecule is COCC(=O)N1CCC[C@@H](c2nccnc2-c2cccc(Cl)c2)C1. The molecule has 0 spiro atoms. The lowest BCUT2D eigenvalue weighted by Gasteiger charge is -2.33. The zero-order valence-corrected chi connectivity index (χ0v) is 14.4. The van der Waals surface area contributed by atoms with Gasteiger partial charge in [0, 0.05) is 49.1 Å². The Bertz CT molecular complexity index is 723. The van der Waals surface area contributed by atoms with E-state index in [0.717, 1.165) is 36.3 Å². The van der Waals surface area contributed by atoms with E-state index in [0.29, 0.717) is 11.6 Å². The summed E-state index contributed by atoms with van der Waals surface area (Å²) in [5, 5.41) is 0.671. The van der Waals surface area contributed by atoms with Gasteiger partial charge in [-0.2, -0.15) is 0 Å². The molecular weight excluding hydrogens is 326 g/mol. The minimum absolute atomic E-state index is 0.0235. The molecule has 1 aromatic carbocycles. The summed E-state index contributed by atoms with van der Waals surface area (Å²) in [4.78, 5) is 23.1. The Kier molecular flexibility index (Phi) is 5.43. The number of carbonyl (C=O) groups is 1. The maximum Gasteiger partial charge on any atom is 0.248 e. The smallest absolute Gasteiger partial charge is 0.248 e. The van der Waals surface area contributed by atoms with Crippen molar-refractivity contribution < 1.29 is 9.53 Å². The summed E-state index contributed by atoms with van der Waals surface area (Å²) in [6.07, 6.45) is 5.34. The van der Waals surface area contributed by atoms with Gasteiger partial charge in [-0.1, -0.05) is 23.7 Å². The van der Waals surface area contributed by atoms with E-state index in [2.05, 4.69) is 9.97 Å². The maximum absolute atomic E-state index is 12.1. The number of ether oxygens (including phenoxy) is 1. The summed E-state index contributed by atoms with van der Waals surface area (Å²) in [6, 6.07) is 7.63. The number of carbonyl (C=O) groups excluding carboxylic acids is 1. The van der Waals surface area contributed by atoms with E-state index in [1.165, 1.54) is 0 Å². The van der Waals surface area contributed by atoms with Crippen LogP contribution < -0.4 is 0 Å². The lowest BCUT2D eigenvalue weighted by Crippen LogP contribution is -2.41. The van der Waals surface area contributed by atoms with Gasteiger partial charge >= 0.3 is 0 Å². The molecule has 1 aromatic heterocycles. The molecule has 1 fully saturated rings. The average Bonchev–Trinajstić information content (AvgIpc) is 2.62. The van der Waals surface area contributed by atoms with Crippen molar-refractivity contribution in [2.45, 2.75) is 18.8 Å². The van der Waals surface area contributed by atoms with Crippen LogP contribution >= 0.6 is 11.6 Å². The number of rotatable bonds is 4. The summed E-state index contributed by atoms with van der Waals surface area (Å²) in [6.45, 7) is 1.54. The van der Waals surface area contributed by atoms with Crippen molar-refractivity contribution in [2.24, 2.45) is 0 Å². The number of benzene rings is 1. The normalized spacial score (nSPS) is 17.8. The van der Waals surface area contributed by atoms with Crippen LogP contribution in [0.3, 0.4) is 0 Å². The molecule has 1 saturated heterocycles. The standard InChI is InChI=1S/C18H20ClN3O2/c1-24-12-16(23)22-9-3-5-14(11-22)18-17(20-7-8-21-18)13-4-2-6-15(19)10-13/h2,4,6-8,10,14H,3,5,9,11-12H2,1H3/t14-/m1/s1. The minimum atomic E-state index is 0.0235. The molecule has 3 rings (SSSR count). The van der Waals surface area contributed by atoms with Gasteiger partial charge in [-0.05, 0) is 25.0 Å². The van der Waals surface area contributed by atoms with Crippen LogP contribution in [0.2, 0.25) is 5.02 Å². The number of nitrogens with zero attached hydrogens (tertiary/aromatic N) is 3. The Morgan fingerprint density at radius 1 is 1.38 bits per heavy atom. The largest absolute Gasteiger partial charge is 0.375 e. The summed E-state index contributed by atoms with van der Waals surface area (Å²) in [7, 11) is 1.54. The molecule has 24 heavy (non-hydrogen) atoms. The van der Waals surface area contributed by atoms with Gasteiger partial charge in [-0.3, -0.25) is 14.8 Å². The summed E-state index contributed by atoms with van der Waals surface area (Å²) >= 11 is 6.12. The quantitative estimate of drug-likeness (QED) is 0.854. The Morgan fingerprint density at radius 2 is 2.21 bits per heavy atom. The van der Waals surface area contributed by atoms with Gasteiger partial charge in [0.15, 0.2) is 0 Å². The van der Waals surface area contributed by atoms with Gasteiger partial charge < -0.3 is 9.64 Å². The van der Waals surface area contributed by atoms with Crippen molar-refractivity contribution in [3.63, 3.8) is 0 Å². The van der Waals surface area contributed by atoms with Crippen LogP contribution in [-0.4, -0.2) is 47.6 Å². The van der Waals surface area contributed by atoms with Gasteiger partial charge in [0.1, 0.15) is 6.61 Å². The number of likely N-dealkylation sites (tertiary alicyclic amines) is 1. The molecule has 6 heteroatoms. The van der Waals surface area contributed by atoms with E-state index < -0.39 is 0 Å². The zero-order chi connectivity index (χ0) is 16.9. The Balaban J connectivity index is 1.88. The molecular formula is C18H20ClN3O2. The number of halogens is 1. The number of piperidine rings is 1. The van der Waals surface area contributed by atoms with E-state index >= 15 is 0 Å². The summed E-state index contributed by atoms with van der Waals surface area (Å²) < 4.78 is 4.97. The fourth-order valence-corrected chi connectivity index (χ4v) is 3.34. The molecule has 1 aliphatic rings. The lowest BCUT2D eigenvalue weighted by molar-refractivity contribution is -0.136. The first-order valence-electron chi connectivity index (χ1n) is 8.02. The highest BCUT2D eigenvalue weighted by Gasteiger charge is 2.27. The zero-order valence-electron chi connectivity index (χ0n) is 13.6. The number of hydrogen-bond acceptors (Lipinski definition) is 4. The van der Waals surface area contributed by atoms with Crippen LogP contribution in [0.4, 0.5) is 0 Å². The first-order valence-corrected chi connectivity index (χ1v) is 8.40. The molecule has 2 heterocycles. The third-order valence-corrected chi connectivity index (χ3v) is 4.49. The molecule has 0 N–H and O–H groups in total. The Hall–Kier alpha value is -1.98. The summed E-state index contributed by atoms with van der Waals surface area (Å²) in [5.74, 6) is 0.192. The molecule has 0 radical (unpaired) electrons. The first kappa shape index (κ1) is 16.9. The van der Waals surface area contributed by atoms with Crippen molar-refractivity contribution in [1.29, 1.82) is 0 Å². The second-order valence-electron chi connectivity index (χ2n) is 5.91. The van der Waals surface area contributed by atoms with E-state index in [-0.39, 0.29) is 18.4 Å². The van der Waals surface area contributed by atoms with Gasteiger partial charge in [0.2, 0.25) is 5.91 Å². The van der Waals surface area contributed by atoms with Crippen LogP contribution in [0.5, 0.6) is 0 Å². The predicted octanol–water partition coefficient (Wildman–Crippen LogP) is 3.15. The first-order chi connectivity index (χ1) is 11.7. The van der Waals surface area contributed by atoms with Crippen molar-refractivity contribution in [3.8, 4) is 11.3 Å². The highest BCUT2D eigenvalue weighted by atomic mass is 35.5. The number of methoxy groups -OCH3 is 1. The molecule has 0 bridgehead atoms. The van der Waals surface area contributed by atoms with E-state index in [1.807, 2.05) is 29.2 Å². The molecule has 0 aliphatic carbocycles. The van der Waals surface area contributed by atoms with Crippen LogP contribution in [0.15, 0.2) is 36.7 Å². The van der Waals surface area contributed by atoms with Crippen molar-refractivity contribution >= 4 is 17.5 Å². The van der Waals surface area contributed by atoms with Crippen LogP contribution in [0.1, 0.15) is 24.5 Å². The molecule has 1 atom stereocenters. The minimum Gasteiger partial charge on any atom is -0.375 e. The maximum atomic E-state index is 12.1. The van der Waals surface area contributed by atoms with Gasteiger partial charge in [-0.25, -0.2) is 0 Å². The Labute approximate surface area is 146 Å². The fourth-order valence-electron chi connectivity index (χ4n) is 3.15. The molecule has 5 nitrogen and oxygen atoms in total. The van der Waals surface area contributed by atoms with Crippen molar-refractivity contribution in [2.75, 3.05) is 26.8 Å². The second kappa shape index (κ2) is 7.73. The third-order valence-electron chi connectivity index (χ3n) is 4.25. The van der Waals surface area contributed by atoms with Gasteiger partial charge in [0.05, 0.1) is 11.4 Å². The molecule has 126 valence electrons. The highest BCUT2D eigenvalue weighted by Crippen LogP contribution is 2.32. The highest BCUT2D eigenvalue weighted by molar-refractivity contribution is 6.30. The van der Waals surface area contributed by atoms with Gasteiger partial charge in [-0.15, -0.1) is 0 Å². The third kappa shape index (κ3) is 3.74. The molecule has 0 unspecified atom stereocenters. The number of hydrogen-bond donors (Lipinski definition) is 0. The predicted molar refractivity (Wildman–Crippen MR) is 92.9 cm³/mol. The van der Waals surface area contributed by atoms with Crippen molar-refractivity contribution in [3.05, 3.63) is 47.4 Å². The molecule has 1 amide bonds. The monoisotopic (exact) mass is 345 g/mol.